The van der Waals surface area contributed by atoms with Crippen molar-refractivity contribution >= 4 is 5.78 Å². The third-order valence-corrected chi connectivity index (χ3v) is 4.45. The zero-order chi connectivity index (χ0) is 15.6. The van der Waals surface area contributed by atoms with Crippen molar-refractivity contribution in [1.29, 1.82) is 0 Å². The Morgan fingerprint density at radius 1 is 1.00 bits per heavy atom. The summed E-state index contributed by atoms with van der Waals surface area (Å²) >= 11 is 0. The second-order valence-corrected chi connectivity index (χ2v) is 6.46. The van der Waals surface area contributed by atoms with E-state index in [1.807, 2.05) is 44.2 Å². The first-order valence-corrected chi connectivity index (χ1v) is 7.57. The molecule has 0 amide bonds. The van der Waals surface area contributed by atoms with Gasteiger partial charge in [0.25, 0.3) is 0 Å². The molecule has 21 heavy (non-hydrogen) atoms. The lowest BCUT2D eigenvalue weighted by Gasteiger charge is -2.23. The summed E-state index contributed by atoms with van der Waals surface area (Å²) < 4.78 is 0. The highest BCUT2D eigenvalue weighted by atomic mass is 16.1. The molecule has 0 aromatic heterocycles. The summed E-state index contributed by atoms with van der Waals surface area (Å²) in [6.45, 7) is 10.7. The van der Waals surface area contributed by atoms with Crippen LogP contribution < -0.4 is 0 Å². The standard InChI is InChI=1S/C20H24O/c1-6-20(4,5)17-11-9-16(10-12-17)19(21)18-13-14(2)7-8-15(18)3/h7-13H,6H2,1-5H3. The van der Waals surface area contributed by atoms with E-state index < -0.39 is 0 Å². The Hall–Kier alpha value is -1.89. The topological polar surface area (TPSA) is 17.1 Å². The summed E-state index contributed by atoms with van der Waals surface area (Å²) in [5.41, 5.74) is 5.15. The van der Waals surface area contributed by atoms with Gasteiger partial charge in [0, 0.05) is 11.1 Å². The van der Waals surface area contributed by atoms with E-state index in [1.54, 1.807) is 0 Å². The average Bonchev–Trinajstić information content (AvgIpc) is 2.49. The summed E-state index contributed by atoms with van der Waals surface area (Å²) in [4.78, 5) is 12.6. The maximum Gasteiger partial charge on any atom is 0.193 e. The van der Waals surface area contributed by atoms with Crippen molar-refractivity contribution in [1.82, 2.24) is 0 Å². The van der Waals surface area contributed by atoms with E-state index in [-0.39, 0.29) is 11.2 Å². The van der Waals surface area contributed by atoms with Crippen LogP contribution >= 0.6 is 0 Å². The number of carbonyl (C=O) groups is 1. The lowest BCUT2D eigenvalue weighted by molar-refractivity contribution is 0.103. The molecule has 0 unspecified atom stereocenters. The molecule has 0 bridgehead atoms. The monoisotopic (exact) mass is 280 g/mol. The zero-order valence-electron chi connectivity index (χ0n) is 13.7. The van der Waals surface area contributed by atoms with Gasteiger partial charge in [0.1, 0.15) is 0 Å². The Morgan fingerprint density at radius 2 is 1.62 bits per heavy atom. The van der Waals surface area contributed by atoms with Gasteiger partial charge < -0.3 is 0 Å². The van der Waals surface area contributed by atoms with E-state index in [2.05, 4.69) is 32.9 Å². The molecule has 0 atom stereocenters. The van der Waals surface area contributed by atoms with Crippen LogP contribution in [0.4, 0.5) is 0 Å². The first-order chi connectivity index (χ1) is 9.85. The molecule has 2 rings (SSSR count). The fraction of sp³-hybridized carbons (Fsp3) is 0.350. The predicted octanol–water partition coefficient (Wildman–Crippen LogP) is 5.22. The van der Waals surface area contributed by atoms with Gasteiger partial charge in [-0.15, -0.1) is 0 Å². The van der Waals surface area contributed by atoms with Gasteiger partial charge in [-0.3, -0.25) is 4.79 Å². The Kier molecular flexibility index (Phi) is 4.32. The van der Waals surface area contributed by atoms with E-state index >= 15 is 0 Å². The van der Waals surface area contributed by atoms with Gasteiger partial charge in [-0.25, -0.2) is 0 Å². The molecule has 2 aromatic carbocycles. The van der Waals surface area contributed by atoms with Gasteiger partial charge in [0.15, 0.2) is 5.78 Å². The summed E-state index contributed by atoms with van der Waals surface area (Å²) in [5.74, 6) is 0.108. The van der Waals surface area contributed by atoms with Crippen LogP contribution in [-0.2, 0) is 5.41 Å². The lowest BCUT2D eigenvalue weighted by atomic mass is 9.81. The minimum atomic E-state index is 0.108. The summed E-state index contributed by atoms with van der Waals surface area (Å²) in [6, 6.07) is 14.1. The molecule has 0 fully saturated rings. The Balaban J connectivity index is 2.35. The smallest absolute Gasteiger partial charge is 0.193 e. The quantitative estimate of drug-likeness (QED) is 0.701. The van der Waals surface area contributed by atoms with Crippen LogP contribution in [0.3, 0.4) is 0 Å². The molecule has 1 heteroatoms. The second kappa shape index (κ2) is 5.85. The molecule has 0 spiro atoms. The molecule has 110 valence electrons. The summed E-state index contributed by atoms with van der Waals surface area (Å²) in [7, 11) is 0. The molecule has 0 saturated carbocycles. The number of rotatable bonds is 4. The minimum absolute atomic E-state index is 0.108. The number of hydrogen-bond acceptors (Lipinski definition) is 1. The number of carbonyl (C=O) groups excluding carboxylic acids is 1. The van der Waals surface area contributed by atoms with Crippen molar-refractivity contribution in [3.05, 3.63) is 70.3 Å². The fourth-order valence-corrected chi connectivity index (χ4v) is 2.41. The fourth-order valence-electron chi connectivity index (χ4n) is 2.41. The van der Waals surface area contributed by atoms with Crippen molar-refractivity contribution < 1.29 is 4.79 Å². The lowest BCUT2D eigenvalue weighted by Crippen LogP contribution is -2.15. The molecule has 0 heterocycles. The van der Waals surface area contributed by atoms with Crippen LogP contribution in [0.5, 0.6) is 0 Å². The van der Waals surface area contributed by atoms with Crippen molar-refractivity contribution in [2.45, 2.75) is 46.5 Å². The summed E-state index contributed by atoms with van der Waals surface area (Å²) in [6.07, 6.45) is 1.08. The van der Waals surface area contributed by atoms with E-state index in [9.17, 15) is 4.79 Å². The van der Waals surface area contributed by atoms with Crippen LogP contribution in [-0.4, -0.2) is 5.78 Å². The zero-order valence-corrected chi connectivity index (χ0v) is 13.7. The number of aryl methyl sites for hydroxylation is 2. The SMILES string of the molecule is CCC(C)(C)c1ccc(C(=O)c2cc(C)ccc2C)cc1. The number of hydrogen-bond donors (Lipinski definition) is 0. The molecular formula is C20H24O. The van der Waals surface area contributed by atoms with Gasteiger partial charge in [-0.1, -0.05) is 62.7 Å². The van der Waals surface area contributed by atoms with E-state index in [0.717, 1.165) is 28.7 Å². The van der Waals surface area contributed by atoms with Crippen LogP contribution in [0.1, 0.15) is 59.8 Å². The maximum atomic E-state index is 12.6. The second-order valence-electron chi connectivity index (χ2n) is 6.46. The number of benzene rings is 2. The van der Waals surface area contributed by atoms with Crippen LogP contribution in [0, 0.1) is 13.8 Å². The van der Waals surface area contributed by atoms with Gasteiger partial charge >= 0.3 is 0 Å². The predicted molar refractivity (Wildman–Crippen MR) is 89.1 cm³/mol. The Labute approximate surface area is 128 Å². The molecule has 0 aliphatic carbocycles. The van der Waals surface area contributed by atoms with E-state index in [4.69, 9.17) is 0 Å². The average molecular weight is 280 g/mol. The van der Waals surface area contributed by atoms with Crippen LogP contribution in [0.25, 0.3) is 0 Å². The maximum absolute atomic E-state index is 12.6. The largest absolute Gasteiger partial charge is 0.289 e. The highest BCUT2D eigenvalue weighted by Crippen LogP contribution is 2.27. The van der Waals surface area contributed by atoms with Crippen LogP contribution in [0.2, 0.25) is 0 Å². The molecule has 0 radical (unpaired) electrons. The van der Waals surface area contributed by atoms with Gasteiger partial charge in [0.2, 0.25) is 0 Å². The third-order valence-electron chi connectivity index (χ3n) is 4.45. The normalized spacial score (nSPS) is 11.5. The van der Waals surface area contributed by atoms with Crippen molar-refractivity contribution in [2.24, 2.45) is 0 Å². The molecule has 0 aliphatic heterocycles. The summed E-state index contributed by atoms with van der Waals surface area (Å²) in [5, 5.41) is 0. The Morgan fingerprint density at radius 3 is 2.19 bits per heavy atom. The molecular weight excluding hydrogens is 256 g/mol. The number of ketones is 1. The van der Waals surface area contributed by atoms with Crippen molar-refractivity contribution in [3.63, 3.8) is 0 Å². The highest BCUT2D eigenvalue weighted by Gasteiger charge is 2.19. The van der Waals surface area contributed by atoms with Gasteiger partial charge in [-0.05, 0) is 42.9 Å². The first kappa shape index (κ1) is 15.5. The molecule has 2 aromatic rings. The molecule has 1 nitrogen and oxygen atoms in total. The molecule has 0 aliphatic rings. The first-order valence-electron chi connectivity index (χ1n) is 7.57. The van der Waals surface area contributed by atoms with Gasteiger partial charge in [0.05, 0.1) is 0 Å². The van der Waals surface area contributed by atoms with Crippen molar-refractivity contribution in [3.8, 4) is 0 Å². The molecule has 0 N–H and O–H groups in total. The molecule has 0 saturated heterocycles. The van der Waals surface area contributed by atoms with Gasteiger partial charge in [-0.2, -0.15) is 0 Å². The minimum Gasteiger partial charge on any atom is -0.289 e. The highest BCUT2D eigenvalue weighted by molar-refractivity contribution is 6.10. The third kappa shape index (κ3) is 3.24. The van der Waals surface area contributed by atoms with Crippen LogP contribution in [0.15, 0.2) is 42.5 Å². The van der Waals surface area contributed by atoms with E-state index in [1.165, 1.54) is 5.56 Å². The Bertz CT molecular complexity index is 648. The van der Waals surface area contributed by atoms with E-state index in [0.29, 0.717) is 0 Å². The van der Waals surface area contributed by atoms with Crippen molar-refractivity contribution in [2.75, 3.05) is 0 Å².